The molecule has 1 aromatic carbocycles. The third-order valence-electron chi connectivity index (χ3n) is 4.41. The average molecular weight is 380 g/mol. The van der Waals surface area contributed by atoms with Gasteiger partial charge in [0, 0.05) is 13.2 Å². The molecule has 2 heterocycles. The number of hydrogen-bond donors (Lipinski definition) is 2. The van der Waals surface area contributed by atoms with Gasteiger partial charge in [-0.15, -0.1) is 10.2 Å². The number of nitrogens with one attached hydrogen (secondary N) is 2. The average Bonchev–Trinajstić information content (AvgIpc) is 3.10. The van der Waals surface area contributed by atoms with Crippen LogP contribution in [0, 0.1) is 0 Å². The monoisotopic (exact) mass is 380 g/mol. The maximum Gasteiger partial charge on any atom is 0.191 e. The van der Waals surface area contributed by atoms with E-state index >= 15 is 0 Å². The summed E-state index contributed by atoms with van der Waals surface area (Å²) in [7, 11) is 1.74. The summed E-state index contributed by atoms with van der Waals surface area (Å²) in [5, 5.41) is 14.8. The van der Waals surface area contributed by atoms with Gasteiger partial charge < -0.3 is 15.4 Å². The molecule has 0 aliphatic carbocycles. The zero-order chi connectivity index (χ0) is 20.0. The number of nitrogens with zero attached hydrogens (tertiary/aromatic N) is 4. The molecule has 28 heavy (non-hydrogen) atoms. The molecule has 0 aliphatic rings. The highest BCUT2D eigenvalue weighted by atomic mass is 16.5. The molecule has 0 atom stereocenters. The lowest BCUT2D eigenvalue weighted by atomic mass is 9.87. The number of aliphatic imine (C=N–C) groups is 1. The molecule has 3 rings (SSSR count). The molecule has 0 unspecified atom stereocenters. The van der Waals surface area contributed by atoms with E-state index in [2.05, 4.69) is 58.7 Å². The van der Waals surface area contributed by atoms with Crippen molar-refractivity contribution in [3.05, 3.63) is 60.0 Å². The van der Waals surface area contributed by atoms with Crippen molar-refractivity contribution in [3.63, 3.8) is 0 Å². The molecule has 0 spiro atoms. The van der Waals surface area contributed by atoms with Gasteiger partial charge in [0.2, 0.25) is 0 Å². The number of rotatable bonds is 6. The van der Waals surface area contributed by atoms with Crippen molar-refractivity contribution >= 4 is 11.6 Å². The highest BCUT2D eigenvalue weighted by Gasteiger charge is 2.13. The van der Waals surface area contributed by atoms with E-state index in [1.54, 1.807) is 7.05 Å². The van der Waals surface area contributed by atoms with E-state index in [1.165, 1.54) is 5.56 Å². The quantitative estimate of drug-likeness (QED) is 0.391. The number of ether oxygens (including phenoxy) is 1. The summed E-state index contributed by atoms with van der Waals surface area (Å²) in [6.45, 7) is 8.32. The van der Waals surface area contributed by atoms with Crippen molar-refractivity contribution in [1.29, 1.82) is 0 Å². The van der Waals surface area contributed by atoms with Gasteiger partial charge in [0.15, 0.2) is 17.4 Å². The molecule has 0 aliphatic heterocycles. The number of hydrogen-bond acceptors (Lipinski definition) is 4. The summed E-state index contributed by atoms with van der Waals surface area (Å²) in [5.41, 5.74) is 2.27. The molecular weight excluding hydrogens is 352 g/mol. The summed E-state index contributed by atoms with van der Waals surface area (Å²) < 4.78 is 7.75. The van der Waals surface area contributed by atoms with Crippen LogP contribution in [0.1, 0.15) is 32.2 Å². The fourth-order valence-electron chi connectivity index (χ4n) is 2.78. The maximum absolute atomic E-state index is 5.80. The molecule has 2 aromatic heterocycles. The Morgan fingerprint density at radius 2 is 1.86 bits per heavy atom. The highest BCUT2D eigenvalue weighted by Crippen LogP contribution is 2.24. The van der Waals surface area contributed by atoms with Crippen LogP contribution in [-0.2, 0) is 12.0 Å². The van der Waals surface area contributed by atoms with Gasteiger partial charge in [0.1, 0.15) is 12.4 Å². The Balaban J connectivity index is 1.43. The van der Waals surface area contributed by atoms with Crippen LogP contribution in [0.2, 0.25) is 0 Å². The third kappa shape index (κ3) is 5.00. The molecule has 0 radical (unpaired) electrons. The van der Waals surface area contributed by atoms with E-state index in [9.17, 15) is 0 Å². The Labute approximate surface area is 165 Å². The van der Waals surface area contributed by atoms with E-state index in [0.717, 1.165) is 17.2 Å². The first-order valence-corrected chi connectivity index (χ1v) is 9.44. The summed E-state index contributed by atoms with van der Waals surface area (Å²) in [6.07, 6.45) is 1.95. The van der Waals surface area contributed by atoms with Crippen molar-refractivity contribution < 1.29 is 4.74 Å². The van der Waals surface area contributed by atoms with Gasteiger partial charge in [-0.3, -0.25) is 9.39 Å². The molecule has 0 fully saturated rings. The number of guanidine groups is 1. The van der Waals surface area contributed by atoms with Crippen LogP contribution in [0.15, 0.2) is 53.7 Å². The first kappa shape index (κ1) is 19.7. The van der Waals surface area contributed by atoms with Gasteiger partial charge >= 0.3 is 0 Å². The van der Waals surface area contributed by atoms with Gasteiger partial charge in [-0.25, -0.2) is 0 Å². The molecule has 0 saturated carbocycles. The van der Waals surface area contributed by atoms with Crippen molar-refractivity contribution in [2.45, 2.75) is 32.7 Å². The van der Waals surface area contributed by atoms with Crippen LogP contribution in [0.4, 0.5) is 0 Å². The SMILES string of the molecule is CN=C(NCCOc1ccc(C(C)(C)C)cc1)NCc1nnc2ccccn12. The normalized spacial score (nSPS) is 12.2. The highest BCUT2D eigenvalue weighted by molar-refractivity contribution is 5.79. The topological polar surface area (TPSA) is 75.8 Å². The fraction of sp³-hybridized carbons (Fsp3) is 0.381. The molecule has 2 N–H and O–H groups in total. The second kappa shape index (κ2) is 8.73. The van der Waals surface area contributed by atoms with Gasteiger partial charge in [-0.1, -0.05) is 39.0 Å². The van der Waals surface area contributed by atoms with Crippen molar-refractivity contribution in [2.24, 2.45) is 4.99 Å². The zero-order valence-electron chi connectivity index (χ0n) is 16.9. The van der Waals surface area contributed by atoms with Crippen LogP contribution < -0.4 is 15.4 Å². The smallest absolute Gasteiger partial charge is 0.191 e. The molecule has 7 heteroatoms. The second-order valence-electron chi connectivity index (χ2n) is 7.52. The first-order valence-electron chi connectivity index (χ1n) is 9.44. The van der Waals surface area contributed by atoms with Crippen molar-refractivity contribution in [2.75, 3.05) is 20.2 Å². The standard InChI is InChI=1S/C21H28N6O/c1-21(2,3)16-8-10-17(11-9-16)28-14-12-23-20(22-4)24-15-19-26-25-18-7-5-6-13-27(18)19/h5-11,13H,12,14-15H2,1-4H3,(H2,22,23,24). The lowest BCUT2D eigenvalue weighted by Gasteiger charge is -2.19. The minimum absolute atomic E-state index is 0.147. The molecule has 0 amide bonds. The van der Waals surface area contributed by atoms with Crippen LogP contribution in [0.5, 0.6) is 5.75 Å². The fourth-order valence-corrected chi connectivity index (χ4v) is 2.78. The predicted octanol–water partition coefficient (Wildman–Crippen LogP) is 2.77. The van der Waals surface area contributed by atoms with Crippen LogP contribution in [-0.4, -0.2) is 40.8 Å². The lowest BCUT2D eigenvalue weighted by molar-refractivity contribution is 0.321. The van der Waals surface area contributed by atoms with Crippen LogP contribution in [0.25, 0.3) is 5.65 Å². The first-order chi connectivity index (χ1) is 13.5. The largest absolute Gasteiger partial charge is 0.492 e. The second-order valence-corrected chi connectivity index (χ2v) is 7.52. The van der Waals surface area contributed by atoms with E-state index in [1.807, 2.05) is 40.9 Å². The minimum Gasteiger partial charge on any atom is -0.492 e. The minimum atomic E-state index is 0.147. The number of benzene rings is 1. The van der Waals surface area contributed by atoms with E-state index < -0.39 is 0 Å². The van der Waals surface area contributed by atoms with Crippen molar-refractivity contribution in [1.82, 2.24) is 25.2 Å². The summed E-state index contributed by atoms with van der Waals surface area (Å²) in [6, 6.07) is 14.1. The summed E-state index contributed by atoms with van der Waals surface area (Å²) in [5.74, 6) is 2.39. The molecule has 0 saturated heterocycles. The van der Waals surface area contributed by atoms with Gasteiger partial charge in [0.05, 0.1) is 13.1 Å². The van der Waals surface area contributed by atoms with Crippen LogP contribution in [0.3, 0.4) is 0 Å². The maximum atomic E-state index is 5.80. The summed E-state index contributed by atoms with van der Waals surface area (Å²) >= 11 is 0. The number of aromatic nitrogens is 3. The molecular formula is C21H28N6O. The molecule has 0 bridgehead atoms. The van der Waals surface area contributed by atoms with E-state index in [4.69, 9.17) is 4.74 Å². The van der Waals surface area contributed by atoms with E-state index in [0.29, 0.717) is 25.7 Å². The van der Waals surface area contributed by atoms with Gasteiger partial charge in [-0.05, 0) is 35.2 Å². The predicted molar refractivity (Wildman–Crippen MR) is 112 cm³/mol. The van der Waals surface area contributed by atoms with E-state index in [-0.39, 0.29) is 5.41 Å². The lowest BCUT2D eigenvalue weighted by Crippen LogP contribution is -2.39. The number of pyridine rings is 1. The van der Waals surface area contributed by atoms with Gasteiger partial charge in [-0.2, -0.15) is 0 Å². The van der Waals surface area contributed by atoms with Crippen molar-refractivity contribution in [3.8, 4) is 5.75 Å². The zero-order valence-corrected chi connectivity index (χ0v) is 16.9. The number of fused-ring (bicyclic) bond motifs is 1. The summed E-state index contributed by atoms with van der Waals surface area (Å²) in [4.78, 5) is 4.23. The molecule has 148 valence electrons. The third-order valence-corrected chi connectivity index (χ3v) is 4.41. The molecule has 7 nitrogen and oxygen atoms in total. The Kier molecular flexibility index (Phi) is 6.13. The Bertz CT molecular complexity index is 924. The van der Waals surface area contributed by atoms with Gasteiger partial charge in [0.25, 0.3) is 0 Å². The molecule has 3 aromatic rings. The Morgan fingerprint density at radius 1 is 1.07 bits per heavy atom. The Morgan fingerprint density at radius 3 is 2.57 bits per heavy atom. The Hall–Kier alpha value is -3.09. The van der Waals surface area contributed by atoms with Crippen LogP contribution >= 0.6 is 0 Å².